The van der Waals surface area contributed by atoms with Gasteiger partial charge in [-0.2, -0.15) is 0 Å². The SMILES string of the molecule is CNc1nc(SC2COC2)c2cc(C)sc2n1. The van der Waals surface area contributed by atoms with Crippen LogP contribution in [0.15, 0.2) is 11.1 Å². The minimum atomic E-state index is 0.540. The van der Waals surface area contributed by atoms with Gasteiger partial charge < -0.3 is 10.1 Å². The molecular formula is C11H13N3OS2. The molecular weight excluding hydrogens is 254 g/mol. The number of thiophene rings is 1. The normalized spacial score (nSPS) is 16.1. The van der Waals surface area contributed by atoms with Crippen molar-refractivity contribution in [1.82, 2.24) is 9.97 Å². The Hall–Kier alpha value is -0.850. The highest BCUT2D eigenvalue weighted by Gasteiger charge is 2.22. The zero-order valence-electron chi connectivity index (χ0n) is 9.69. The first kappa shape index (κ1) is 11.3. The van der Waals surface area contributed by atoms with Crippen LogP contribution in [0, 0.1) is 6.92 Å². The molecule has 0 saturated carbocycles. The van der Waals surface area contributed by atoms with Crippen molar-refractivity contribution in [1.29, 1.82) is 0 Å². The molecule has 0 radical (unpaired) electrons. The van der Waals surface area contributed by atoms with E-state index >= 15 is 0 Å². The van der Waals surface area contributed by atoms with Gasteiger partial charge in [0, 0.05) is 17.3 Å². The number of nitrogens with zero attached hydrogens (tertiary/aromatic N) is 2. The first-order chi connectivity index (χ1) is 8.26. The van der Waals surface area contributed by atoms with Gasteiger partial charge in [0.2, 0.25) is 5.95 Å². The highest BCUT2D eigenvalue weighted by atomic mass is 32.2. The molecule has 4 nitrogen and oxygen atoms in total. The zero-order chi connectivity index (χ0) is 11.8. The van der Waals surface area contributed by atoms with E-state index in [0.717, 1.165) is 23.1 Å². The van der Waals surface area contributed by atoms with E-state index in [4.69, 9.17) is 4.74 Å². The fraction of sp³-hybridized carbons (Fsp3) is 0.455. The number of anilines is 1. The number of fused-ring (bicyclic) bond motifs is 1. The van der Waals surface area contributed by atoms with E-state index < -0.39 is 0 Å². The first-order valence-corrected chi connectivity index (χ1v) is 7.16. The highest BCUT2D eigenvalue weighted by molar-refractivity contribution is 8.00. The predicted molar refractivity (Wildman–Crippen MR) is 72.2 cm³/mol. The van der Waals surface area contributed by atoms with Crippen LogP contribution in [0.3, 0.4) is 0 Å². The summed E-state index contributed by atoms with van der Waals surface area (Å²) in [6.07, 6.45) is 0. The summed E-state index contributed by atoms with van der Waals surface area (Å²) in [4.78, 5) is 11.4. The number of hydrogen-bond acceptors (Lipinski definition) is 6. The molecule has 0 bridgehead atoms. The summed E-state index contributed by atoms with van der Waals surface area (Å²) in [7, 11) is 1.85. The Balaban J connectivity index is 2.05. The van der Waals surface area contributed by atoms with E-state index in [1.54, 1.807) is 23.1 Å². The Kier molecular flexibility index (Phi) is 2.94. The second-order valence-corrected chi connectivity index (χ2v) is 6.48. The summed E-state index contributed by atoms with van der Waals surface area (Å²) < 4.78 is 5.20. The molecule has 6 heteroatoms. The van der Waals surface area contributed by atoms with Gasteiger partial charge in [0.25, 0.3) is 0 Å². The predicted octanol–water partition coefficient (Wildman–Crippen LogP) is 2.53. The van der Waals surface area contributed by atoms with Crippen LogP contribution in [0.1, 0.15) is 4.88 Å². The topological polar surface area (TPSA) is 47.0 Å². The van der Waals surface area contributed by atoms with Gasteiger partial charge in [0.1, 0.15) is 9.86 Å². The fourth-order valence-electron chi connectivity index (χ4n) is 1.66. The molecule has 0 atom stereocenters. The molecule has 2 aromatic heterocycles. The minimum Gasteiger partial charge on any atom is -0.379 e. The van der Waals surface area contributed by atoms with Crippen LogP contribution >= 0.6 is 23.1 Å². The molecule has 1 fully saturated rings. The molecule has 0 aliphatic carbocycles. The van der Waals surface area contributed by atoms with Crippen LogP contribution in [-0.4, -0.2) is 35.5 Å². The average Bonchev–Trinajstić information content (AvgIpc) is 2.63. The molecule has 3 heterocycles. The molecule has 1 aliphatic heterocycles. The Morgan fingerprint density at radius 1 is 1.47 bits per heavy atom. The lowest BCUT2D eigenvalue weighted by Gasteiger charge is -2.24. The Morgan fingerprint density at radius 2 is 2.29 bits per heavy atom. The summed E-state index contributed by atoms with van der Waals surface area (Å²) in [5.41, 5.74) is 0. The van der Waals surface area contributed by atoms with Crippen molar-refractivity contribution in [3.63, 3.8) is 0 Å². The maximum atomic E-state index is 5.20. The van der Waals surface area contributed by atoms with Crippen molar-refractivity contribution in [2.45, 2.75) is 17.2 Å². The lowest BCUT2D eigenvalue weighted by atomic mass is 10.4. The standard InChI is InChI=1S/C11H13N3OS2/c1-6-3-8-9(16-6)13-11(12-2)14-10(8)17-7-4-15-5-7/h3,7H,4-5H2,1-2H3,(H,12,13,14). The van der Waals surface area contributed by atoms with Crippen molar-refractivity contribution < 1.29 is 4.74 Å². The Bertz CT molecular complexity index is 551. The van der Waals surface area contributed by atoms with Crippen LogP contribution in [0.25, 0.3) is 10.2 Å². The molecule has 17 heavy (non-hydrogen) atoms. The van der Waals surface area contributed by atoms with Crippen molar-refractivity contribution in [2.75, 3.05) is 25.6 Å². The van der Waals surface area contributed by atoms with Crippen molar-refractivity contribution in [3.05, 3.63) is 10.9 Å². The Morgan fingerprint density at radius 3 is 2.94 bits per heavy atom. The molecule has 90 valence electrons. The maximum Gasteiger partial charge on any atom is 0.224 e. The van der Waals surface area contributed by atoms with Gasteiger partial charge in [-0.25, -0.2) is 9.97 Å². The van der Waals surface area contributed by atoms with E-state index in [0.29, 0.717) is 11.2 Å². The summed E-state index contributed by atoms with van der Waals surface area (Å²) in [5, 5.41) is 5.79. The van der Waals surface area contributed by atoms with E-state index in [9.17, 15) is 0 Å². The maximum absolute atomic E-state index is 5.20. The van der Waals surface area contributed by atoms with Gasteiger partial charge >= 0.3 is 0 Å². The number of ether oxygens (including phenoxy) is 1. The molecule has 1 aliphatic rings. The van der Waals surface area contributed by atoms with Crippen LogP contribution < -0.4 is 5.32 Å². The molecule has 2 aromatic rings. The number of hydrogen-bond donors (Lipinski definition) is 1. The molecule has 0 spiro atoms. The van der Waals surface area contributed by atoms with E-state index in [1.807, 2.05) is 7.05 Å². The van der Waals surface area contributed by atoms with E-state index in [2.05, 4.69) is 28.3 Å². The van der Waals surface area contributed by atoms with Crippen molar-refractivity contribution >= 4 is 39.3 Å². The van der Waals surface area contributed by atoms with Crippen molar-refractivity contribution in [2.24, 2.45) is 0 Å². The summed E-state index contributed by atoms with van der Waals surface area (Å²) in [6, 6.07) is 2.17. The number of rotatable bonds is 3. The van der Waals surface area contributed by atoms with Gasteiger partial charge in [-0.15, -0.1) is 11.3 Å². The van der Waals surface area contributed by atoms with E-state index in [-0.39, 0.29) is 0 Å². The summed E-state index contributed by atoms with van der Waals surface area (Å²) in [5.74, 6) is 0.696. The van der Waals surface area contributed by atoms with Crippen LogP contribution in [-0.2, 0) is 4.74 Å². The second-order valence-electron chi connectivity index (χ2n) is 3.96. The molecule has 0 amide bonds. The fourth-order valence-corrected chi connectivity index (χ4v) is 3.67. The van der Waals surface area contributed by atoms with E-state index in [1.165, 1.54) is 10.3 Å². The second kappa shape index (κ2) is 4.44. The smallest absolute Gasteiger partial charge is 0.224 e. The molecule has 3 rings (SSSR count). The van der Waals surface area contributed by atoms with Gasteiger partial charge in [-0.05, 0) is 13.0 Å². The lowest BCUT2D eigenvalue weighted by Crippen LogP contribution is -2.30. The monoisotopic (exact) mass is 267 g/mol. The number of aromatic nitrogens is 2. The molecule has 1 N–H and O–H groups in total. The summed E-state index contributed by atoms with van der Waals surface area (Å²) in [6.45, 7) is 3.76. The van der Waals surface area contributed by atoms with Crippen molar-refractivity contribution in [3.8, 4) is 0 Å². The number of aryl methyl sites for hydroxylation is 1. The summed E-state index contributed by atoms with van der Waals surface area (Å²) >= 11 is 3.51. The van der Waals surface area contributed by atoms with Gasteiger partial charge in [0.15, 0.2) is 0 Å². The third-order valence-electron chi connectivity index (χ3n) is 2.59. The van der Waals surface area contributed by atoms with Gasteiger partial charge in [0.05, 0.1) is 18.5 Å². The molecule has 0 aromatic carbocycles. The van der Waals surface area contributed by atoms with Crippen LogP contribution in [0.2, 0.25) is 0 Å². The third-order valence-corrected chi connectivity index (χ3v) is 4.67. The molecule has 1 saturated heterocycles. The quantitative estimate of drug-likeness (QED) is 0.866. The highest BCUT2D eigenvalue weighted by Crippen LogP contribution is 2.35. The lowest BCUT2D eigenvalue weighted by molar-refractivity contribution is 0.0455. The Labute approximate surface area is 108 Å². The minimum absolute atomic E-state index is 0.540. The van der Waals surface area contributed by atoms with Crippen LogP contribution in [0.5, 0.6) is 0 Å². The third kappa shape index (κ3) is 2.12. The van der Waals surface area contributed by atoms with Gasteiger partial charge in [-0.1, -0.05) is 11.8 Å². The number of thioether (sulfide) groups is 1. The van der Waals surface area contributed by atoms with Crippen LogP contribution in [0.4, 0.5) is 5.95 Å². The van der Waals surface area contributed by atoms with Gasteiger partial charge in [-0.3, -0.25) is 0 Å². The average molecular weight is 267 g/mol. The zero-order valence-corrected chi connectivity index (χ0v) is 11.3. The number of nitrogens with one attached hydrogen (secondary N) is 1. The first-order valence-electron chi connectivity index (χ1n) is 5.46. The molecule has 0 unspecified atom stereocenters. The largest absolute Gasteiger partial charge is 0.379 e.